The molecule has 0 aliphatic carbocycles. The SMILES string of the molecule is CCCC/C=C\C/C=C\CCCCCCCC(=O)OCCCC/C=C\CCCCCCC(=O)NC(CO)C(O)/C=C/CCCCCCCCCCCCCCCCCCCCCCCC. The van der Waals surface area contributed by atoms with Crippen LogP contribution in [0, 0.1) is 0 Å². The summed E-state index contributed by atoms with van der Waals surface area (Å²) in [7, 11) is 0. The number of ether oxygens (including phenoxy) is 1. The van der Waals surface area contributed by atoms with E-state index in [0.29, 0.717) is 19.4 Å². The lowest BCUT2D eigenvalue weighted by atomic mass is 10.0. The third kappa shape index (κ3) is 51.1. The normalized spacial score (nSPS) is 13.0. The van der Waals surface area contributed by atoms with Crippen molar-refractivity contribution < 1.29 is 24.5 Å². The van der Waals surface area contributed by atoms with Crippen LogP contribution in [-0.2, 0) is 14.3 Å². The van der Waals surface area contributed by atoms with Crippen molar-refractivity contribution in [1.82, 2.24) is 5.32 Å². The van der Waals surface area contributed by atoms with Gasteiger partial charge in [-0.3, -0.25) is 9.59 Å². The van der Waals surface area contributed by atoms with Crippen LogP contribution in [0.3, 0.4) is 0 Å². The van der Waals surface area contributed by atoms with E-state index in [1.54, 1.807) is 6.08 Å². The van der Waals surface area contributed by atoms with Crippen LogP contribution in [0.25, 0.3) is 0 Å². The summed E-state index contributed by atoms with van der Waals surface area (Å²) in [5.41, 5.74) is 0. The molecule has 0 aromatic carbocycles. The van der Waals surface area contributed by atoms with E-state index in [1.807, 2.05) is 6.08 Å². The highest BCUT2D eigenvalue weighted by atomic mass is 16.5. The predicted octanol–water partition coefficient (Wildman–Crippen LogP) is 17.4. The van der Waals surface area contributed by atoms with Crippen LogP contribution in [0.1, 0.15) is 290 Å². The molecule has 0 saturated heterocycles. The zero-order valence-electron chi connectivity index (χ0n) is 43.2. The van der Waals surface area contributed by atoms with Crippen molar-refractivity contribution >= 4 is 11.9 Å². The fourth-order valence-corrected chi connectivity index (χ4v) is 8.41. The summed E-state index contributed by atoms with van der Waals surface area (Å²) >= 11 is 0. The number of amides is 1. The molecule has 0 saturated carbocycles. The summed E-state index contributed by atoms with van der Waals surface area (Å²) in [6, 6.07) is -0.656. The van der Waals surface area contributed by atoms with Gasteiger partial charge in [0.25, 0.3) is 0 Å². The Morgan fingerprint density at radius 3 is 1.23 bits per heavy atom. The molecule has 2 atom stereocenters. The van der Waals surface area contributed by atoms with E-state index in [-0.39, 0.29) is 18.5 Å². The Morgan fingerprint density at radius 2 is 0.785 bits per heavy atom. The number of nitrogens with one attached hydrogen (secondary N) is 1. The standard InChI is InChI=1S/C59H109NO5/c1-3-5-7-9-11-13-15-17-19-20-21-22-23-24-25-26-27-28-29-31-35-39-43-47-51-57(62)56(55-61)60-58(63)52-48-44-40-36-33-34-38-42-46-50-54-65-59(64)53-49-45-41-37-32-30-18-16-14-12-10-8-6-4-2/h10,12,16,18,34,38,47,51,56-57,61-62H,3-9,11,13-15,17,19-33,35-37,39-46,48-50,52-55H2,1-2H3,(H,60,63)/b12-10-,18-16-,38-34-,51-47+. The third-order valence-electron chi connectivity index (χ3n) is 12.8. The number of carbonyl (C=O) groups is 2. The molecule has 0 aromatic rings. The number of carbonyl (C=O) groups excluding carboxylic acids is 2. The summed E-state index contributed by atoms with van der Waals surface area (Å²) < 4.78 is 5.42. The Bertz CT molecular complexity index is 1100. The van der Waals surface area contributed by atoms with Gasteiger partial charge in [0, 0.05) is 12.8 Å². The van der Waals surface area contributed by atoms with Crippen LogP contribution in [0.4, 0.5) is 0 Å². The van der Waals surface area contributed by atoms with Gasteiger partial charge in [0.2, 0.25) is 5.91 Å². The van der Waals surface area contributed by atoms with Crippen LogP contribution >= 0.6 is 0 Å². The number of unbranched alkanes of at least 4 members (excludes halogenated alkanes) is 35. The fourth-order valence-electron chi connectivity index (χ4n) is 8.41. The molecule has 0 heterocycles. The van der Waals surface area contributed by atoms with Crippen molar-refractivity contribution in [2.75, 3.05) is 13.2 Å². The van der Waals surface area contributed by atoms with Crippen LogP contribution in [0.15, 0.2) is 48.6 Å². The molecule has 2 unspecified atom stereocenters. The minimum atomic E-state index is -0.869. The maximum absolute atomic E-state index is 12.5. The van der Waals surface area contributed by atoms with Crippen molar-refractivity contribution in [3.05, 3.63) is 48.6 Å². The molecule has 3 N–H and O–H groups in total. The highest BCUT2D eigenvalue weighted by Crippen LogP contribution is 2.16. The number of rotatable bonds is 52. The van der Waals surface area contributed by atoms with E-state index in [2.05, 4.69) is 55.6 Å². The second kappa shape index (κ2) is 54.4. The third-order valence-corrected chi connectivity index (χ3v) is 12.8. The van der Waals surface area contributed by atoms with Crippen molar-refractivity contribution in [2.24, 2.45) is 0 Å². The molecule has 0 rings (SSSR count). The van der Waals surface area contributed by atoms with Crippen LogP contribution < -0.4 is 5.32 Å². The maximum atomic E-state index is 12.5. The average Bonchev–Trinajstić information content (AvgIpc) is 3.31. The van der Waals surface area contributed by atoms with Crippen LogP contribution in [0.2, 0.25) is 0 Å². The molecular weight excluding hydrogens is 803 g/mol. The second-order valence-electron chi connectivity index (χ2n) is 19.3. The van der Waals surface area contributed by atoms with E-state index in [0.717, 1.165) is 89.9 Å². The summed E-state index contributed by atoms with van der Waals surface area (Å²) in [5.74, 6) is -0.157. The zero-order chi connectivity index (χ0) is 47.2. The van der Waals surface area contributed by atoms with Gasteiger partial charge in [0.15, 0.2) is 0 Å². The van der Waals surface area contributed by atoms with E-state index in [1.165, 1.54) is 173 Å². The lowest BCUT2D eigenvalue weighted by Gasteiger charge is -2.20. The summed E-state index contributed by atoms with van der Waals surface area (Å²) in [4.78, 5) is 24.5. The van der Waals surface area contributed by atoms with Gasteiger partial charge in [0.05, 0.1) is 25.4 Å². The van der Waals surface area contributed by atoms with Gasteiger partial charge in [-0.05, 0) is 83.5 Å². The molecule has 380 valence electrons. The first kappa shape index (κ1) is 62.8. The fraction of sp³-hybridized carbons (Fsp3) is 0.831. The second-order valence-corrected chi connectivity index (χ2v) is 19.3. The smallest absolute Gasteiger partial charge is 0.305 e. The number of allylic oxidation sites excluding steroid dienone is 7. The Hall–Kier alpha value is -2.18. The Labute approximate surface area is 404 Å². The minimum Gasteiger partial charge on any atom is -0.466 e. The first-order chi connectivity index (χ1) is 32.0. The quantitative estimate of drug-likeness (QED) is 0.0321. The number of aliphatic hydroxyl groups excluding tert-OH is 2. The Morgan fingerprint density at radius 1 is 0.431 bits per heavy atom. The van der Waals surface area contributed by atoms with Gasteiger partial charge >= 0.3 is 5.97 Å². The van der Waals surface area contributed by atoms with E-state index >= 15 is 0 Å². The van der Waals surface area contributed by atoms with E-state index in [9.17, 15) is 19.8 Å². The minimum absolute atomic E-state index is 0.0531. The van der Waals surface area contributed by atoms with Gasteiger partial charge in [-0.2, -0.15) is 0 Å². The van der Waals surface area contributed by atoms with Crippen molar-refractivity contribution in [3.8, 4) is 0 Å². The molecule has 6 nitrogen and oxygen atoms in total. The Kier molecular flexibility index (Phi) is 52.6. The van der Waals surface area contributed by atoms with Crippen molar-refractivity contribution in [3.63, 3.8) is 0 Å². The Balaban J connectivity index is 3.56. The number of hydrogen-bond acceptors (Lipinski definition) is 5. The molecule has 0 aliphatic rings. The van der Waals surface area contributed by atoms with Gasteiger partial charge < -0.3 is 20.3 Å². The number of esters is 1. The van der Waals surface area contributed by atoms with Crippen LogP contribution in [-0.4, -0.2) is 47.4 Å². The lowest BCUT2D eigenvalue weighted by Crippen LogP contribution is -2.45. The monoisotopic (exact) mass is 912 g/mol. The predicted molar refractivity (Wildman–Crippen MR) is 282 cm³/mol. The molecule has 0 spiro atoms. The van der Waals surface area contributed by atoms with Crippen molar-refractivity contribution in [1.29, 1.82) is 0 Å². The zero-order valence-corrected chi connectivity index (χ0v) is 43.2. The summed E-state index contributed by atoms with van der Waals surface area (Å²) in [6.45, 7) is 4.77. The number of aliphatic hydroxyl groups is 2. The molecule has 0 radical (unpaired) electrons. The molecule has 6 heteroatoms. The van der Waals surface area contributed by atoms with Gasteiger partial charge in [0.1, 0.15) is 0 Å². The number of hydrogen-bond donors (Lipinski definition) is 3. The summed E-state index contributed by atoms with van der Waals surface area (Å²) in [5, 5.41) is 23.1. The van der Waals surface area contributed by atoms with E-state index < -0.39 is 12.1 Å². The molecule has 65 heavy (non-hydrogen) atoms. The van der Waals surface area contributed by atoms with Crippen molar-refractivity contribution in [2.45, 2.75) is 302 Å². The van der Waals surface area contributed by atoms with Gasteiger partial charge in [-0.15, -0.1) is 0 Å². The maximum Gasteiger partial charge on any atom is 0.305 e. The molecule has 0 bridgehead atoms. The van der Waals surface area contributed by atoms with E-state index in [4.69, 9.17) is 4.74 Å². The summed E-state index contributed by atoms with van der Waals surface area (Å²) in [6.07, 6.45) is 68.5. The molecule has 0 aliphatic heterocycles. The molecule has 0 fully saturated rings. The topological polar surface area (TPSA) is 95.9 Å². The molecule has 1 amide bonds. The van der Waals surface area contributed by atoms with Gasteiger partial charge in [-0.1, -0.05) is 242 Å². The van der Waals surface area contributed by atoms with Crippen LogP contribution in [0.5, 0.6) is 0 Å². The first-order valence-corrected chi connectivity index (χ1v) is 28.4. The average molecular weight is 913 g/mol. The molecular formula is C59H109NO5. The van der Waals surface area contributed by atoms with Gasteiger partial charge in [-0.25, -0.2) is 0 Å². The highest BCUT2D eigenvalue weighted by Gasteiger charge is 2.18. The highest BCUT2D eigenvalue weighted by molar-refractivity contribution is 5.76. The lowest BCUT2D eigenvalue weighted by molar-refractivity contribution is -0.143. The first-order valence-electron chi connectivity index (χ1n) is 28.4. The largest absolute Gasteiger partial charge is 0.466 e. The molecule has 0 aromatic heterocycles.